The Labute approximate surface area is 114 Å². The molecule has 102 valence electrons. The average molecular weight is 258 g/mol. The quantitative estimate of drug-likeness (QED) is 0.883. The molecule has 2 aromatic rings. The molecule has 0 aliphatic carbocycles. The van der Waals surface area contributed by atoms with Crippen LogP contribution in [0.1, 0.15) is 25.1 Å². The van der Waals surface area contributed by atoms with Gasteiger partial charge in [0.1, 0.15) is 5.82 Å². The lowest BCUT2D eigenvalue weighted by atomic mass is 10.0. The number of para-hydroxylation sites is 2. The Morgan fingerprint density at radius 2 is 2.26 bits per heavy atom. The minimum absolute atomic E-state index is 0.645. The van der Waals surface area contributed by atoms with Crippen molar-refractivity contribution >= 4 is 11.0 Å². The molecule has 4 heteroatoms. The van der Waals surface area contributed by atoms with E-state index >= 15 is 0 Å². The third kappa shape index (κ3) is 2.80. The number of aromatic amines is 1. The van der Waals surface area contributed by atoms with Crippen molar-refractivity contribution in [1.82, 2.24) is 20.2 Å². The first kappa shape index (κ1) is 12.6. The molecule has 2 heterocycles. The maximum Gasteiger partial charge on any atom is 0.121 e. The van der Waals surface area contributed by atoms with Gasteiger partial charge in [-0.15, -0.1) is 0 Å². The van der Waals surface area contributed by atoms with Crippen molar-refractivity contribution < 1.29 is 0 Å². The Morgan fingerprint density at radius 3 is 3.11 bits per heavy atom. The summed E-state index contributed by atoms with van der Waals surface area (Å²) in [6.07, 6.45) is 3.95. The maximum absolute atomic E-state index is 4.68. The second kappa shape index (κ2) is 5.72. The zero-order valence-electron chi connectivity index (χ0n) is 11.5. The first-order valence-electron chi connectivity index (χ1n) is 7.19. The molecule has 1 fully saturated rings. The van der Waals surface area contributed by atoms with Crippen LogP contribution in [0.3, 0.4) is 0 Å². The Bertz CT molecular complexity index is 499. The first-order valence-corrected chi connectivity index (χ1v) is 7.19. The number of likely N-dealkylation sites (tertiary alicyclic amines) is 1. The maximum atomic E-state index is 4.68. The fourth-order valence-electron chi connectivity index (χ4n) is 3.01. The third-order valence-corrected chi connectivity index (χ3v) is 3.98. The van der Waals surface area contributed by atoms with Crippen LogP contribution in [0, 0.1) is 0 Å². The summed E-state index contributed by atoms with van der Waals surface area (Å²) in [6.45, 7) is 3.19. The number of likely N-dealkylation sites (N-methyl/N-ethyl adjacent to an activating group) is 1. The lowest BCUT2D eigenvalue weighted by Crippen LogP contribution is -2.44. The number of rotatable bonds is 4. The smallest absolute Gasteiger partial charge is 0.121 e. The van der Waals surface area contributed by atoms with Crippen LogP contribution in [0.2, 0.25) is 0 Å². The van der Waals surface area contributed by atoms with Crippen molar-refractivity contribution in [2.24, 2.45) is 0 Å². The van der Waals surface area contributed by atoms with Crippen molar-refractivity contribution in [1.29, 1.82) is 0 Å². The van der Waals surface area contributed by atoms with Crippen LogP contribution in [0.5, 0.6) is 0 Å². The van der Waals surface area contributed by atoms with Crippen molar-refractivity contribution in [2.45, 2.75) is 31.8 Å². The summed E-state index contributed by atoms with van der Waals surface area (Å²) >= 11 is 0. The molecule has 0 spiro atoms. The van der Waals surface area contributed by atoms with Gasteiger partial charge in [-0.1, -0.05) is 18.6 Å². The molecule has 19 heavy (non-hydrogen) atoms. The third-order valence-electron chi connectivity index (χ3n) is 3.98. The second-order valence-electron chi connectivity index (χ2n) is 5.38. The molecule has 3 rings (SSSR count). The van der Waals surface area contributed by atoms with Crippen molar-refractivity contribution in [3.63, 3.8) is 0 Å². The number of piperidine rings is 1. The normalized spacial score (nSPS) is 21.0. The van der Waals surface area contributed by atoms with Gasteiger partial charge in [0, 0.05) is 12.6 Å². The van der Waals surface area contributed by atoms with E-state index in [4.69, 9.17) is 0 Å². The van der Waals surface area contributed by atoms with E-state index in [1.54, 1.807) is 0 Å². The van der Waals surface area contributed by atoms with Gasteiger partial charge < -0.3 is 10.3 Å². The summed E-state index contributed by atoms with van der Waals surface area (Å²) in [5.74, 6) is 1.09. The van der Waals surface area contributed by atoms with Crippen LogP contribution < -0.4 is 5.32 Å². The molecule has 1 atom stereocenters. The SMILES string of the molecule is CNCC1CCCCN1Cc1nc2ccccc2[nH]1. The molecule has 1 aromatic carbocycles. The molecular weight excluding hydrogens is 236 g/mol. The van der Waals surface area contributed by atoms with Gasteiger partial charge in [-0.25, -0.2) is 4.98 Å². The highest BCUT2D eigenvalue weighted by atomic mass is 15.2. The Kier molecular flexibility index (Phi) is 3.80. The number of fused-ring (bicyclic) bond motifs is 1. The average Bonchev–Trinajstić information content (AvgIpc) is 2.83. The van der Waals surface area contributed by atoms with E-state index in [1.165, 1.54) is 25.8 Å². The fraction of sp³-hybridized carbons (Fsp3) is 0.533. The summed E-state index contributed by atoms with van der Waals surface area (Å²) in [5, 5.41) is 3.31. The molecule has 0 radical (unpaired) electrons. The molecule has 0 saturated carbocycles. The topological polar surface area (TPSA) is 44.0 Å². The summed E-state index contributed by atoms with van der Waals surface area (Å²) in [6, 6.07) is 8.89. The number of nitrogens with zero attached hydrogens (tertiary/aromatic N) is 2. The fourth-order valence-corrected chi connectivity index (χ4v) is 3.01. The molecule has 1 saturated heterocycles. The Morgan fingerprint density at radius 1 is 1.37 bits per heavy atom. The van der Waals surface area contributed by atoms with Gasteiger partial charge in [0.2, 0.25) is 0 Å². The highest BCUT2D eigenvalue weighted by Gasteiger charge is 2.22. The summed E-state index contributed by atoms with van der Waals surface area (Å²) in [4.78, 5) is 10.7. The number of H-pyrrole nitrogens is 1. The lowest BCUT2D eigenvalue weighted by molar-refractivity contribution is 0.136. The van der Waals surface area contributed by atoms with Crippen molar-refractivity contribution in [3.05, 3.63) is 30.1 Å². The molecule has 1 aliphatic rings. The molecule has 1 aromatic heterocycles. The Hall–Kier alpha value is -1.39. The van der Waals surface area contributed by atoms with Gasteiger partial charge in [-0.2, -0.15) is 0 Å². The predicted molar refractivity (Wildman–Crippen MR) is 78.1 cm³/mol. The van der Waals surface area contributed by atoms with Gasteiger partial charge in [0.05, 0.1) is 17.6 Å². The first-order chi connectivity index (χ1) is 9.36. The summed E-state index contributed by atoms with van der Waals surface area (Å²) in [5.41, 5.74) is 2.21. The van der Waals surface area contributed by atoms with E-state index in [-0.39, 0.29) is 0 Å². The van der Waals surface area contributed by atoms with Crippen LogP contribution >= 0.6 is 0 Å². The number of hydrogen-bond donors (Lipinski definition) is 2. The minimum atomic E-state index is 0.645. The van der Waals surface area contributed by atoms with E-state index in [0.29, 0.717) is 6.04 Å². The summed E-state index contributed by atoms with van der Waals surface area (Å²) in [7, 11) is 2.04. The number of benzene rings is 1. The largest absolute Gasteiger partial charge is 0.341 e. The van der Waals surface area contributed by atoms with Gasteiger partial charge >= 0.3 is 0 Å². The van der Waals surface area contributed by atoms with Crippen LogP contribution in [0.15, 0.2) is 24.3 Å². The second-order valence-corrected chi connectivity index (χ2v) is 5.38. The molecule has 0 amide bonds. The highest BCUT2D eigenvalue weighted by molar-refractivity contribution is 5.74. The van der Waals surface area contributed by atoms with E-state index in [9.17, 15) is 0 Å². The van der Waals surface area contributed by atoms with Crippen LogP contribution in [0.4, 0.5) is 0 Å². The van der Waals surface area contributed by atoms with Gasteiger partial charge in [-0.05, 0) is 38.6 Å². The zero-order chi connectivity index (χ0) is 13.1. The van der Waals surface area contributed by atoms with E-state index in [2.05, 4.69) is 38.4 Å². The van der Waals surface area contributed by atoms with E-state index in [1.807, 2.05) is 13.1 Å². The lowest BCUT2D eigenvalue weighted by Gasteiger charge is -2.35. The van der Waals surface area contributed by atoms with Gasteiger partial charge in [0.15, 0.2) is 0 Å². The number of nitrogens with one attached hydrogen (secondary N) is 2. The predicted octanol–water partition coefficient (Wildman–Crippen LogP) is 2.14. The number of imidazole rings is 1. The number of aromatic nitrogens is 2. The van der Waals surface area contributed by atoms with Crippen molar-refractivity contribution in [2.75, 3.05) is 20.1 Å². The van der Waals surface area contributed by atoms with Crippen LogP contribution in [0.25, 0.3) is 11.0 Å². The van der Waals surface area contributed by atoms with E-state index < -0.39 is 0 Å². The van der Waals surface area contributed by atoms with Crippen molar-refractivity contribution in [3.8, 4) is 0 Å². The highest BCUT2D eigenvalue weighted by Crippen LogP contribution is 2.19. The number of hydrogen-bond acceptors (Lipinski definition) is 3. The molecular formula is C15H22N4. The molecule has 0 bridgehead atoms. The molecule has 1 unspecified atom stereocenters. The minimum Gasteiger partial charge on any atom is -0.341 e. The Balaban J connectivity index is 1.75. The molecule has 4 nitrogen and oxygen atoms in total. The van der Waals surface area contributed by atoms with E-state index in [0.717, 1.165) is 29.9 Å². The molecule has 2 N–H and O–H groups in total. The zero-order valence-corrected chi connectivity index (χ0v) is 11.5. The van der Waals surface area contributed by atoms with Gasteiger partial charge in [-0.3, -0.25) is 4.90 Å². The summed E-state index contributed by atoms with van der Waals surface area (Å²) < 4.78 is 0. The van der Waals surface area contributed by atoms with Crippen LogP contribution in [-0.2, 0) is 6.54 Å². The monoisotopic (exact) mass is 258 g/mol. The van der Waals surface area contributed by atoms with Gasteiger partial charge in [0.25, 0.3) is 0 Å². The van der Waals surface area contributed by atoms with Crippen LogP contribution in [-0.4, -0.2) is 41.0 Å². The molecule has 1 aliphatic heterocycles. The standard InChI is InChI=1S/C15H22N4/c1-16-10-12-6-4-5-9-19(12)11-15-17-13-7-2-3-8-14(13)18-15/h2-3,7-8,12,16H,4-6,9-11H2,1H3,(H,17,18).